The summed E-state index contributed by atoms with van der Waals surface area (Å²) in [4.78, 5) is 11.0. The highest BCUT2D eigenvalue weighted by molar-refractivity contribution is 9.10. The lowest BCUT2D eigenvalue weighted by molar-refractivity contribution is 0.0942. The van der Waals surface area contributed by atoms with Crippen LogP contribution in [0.1, 0.15) is 24.2 Å². The van der Waals surface area contributed by atoms with Crippen LogP contribution in [0.3, 0.4) is 0 Å². The molecule has 0 aliphatic carbocycles. The SMILES string of the molecule is CC(C)NC(=O)c1cc(S(=O)(=O)Cl)c(F)cc1Br. The summed E-state index contributed by atoms with van der Waals surface area (Å²) in [5.41, 5.74) is 0.00400. The van der Waals surface area contributed by atoms with Crippen LogP contribution in [0.2, 0.25) is 0 Å². The minimum Gasteiger partial charge on any atom is -0.350 e. The van der Waals surface area contributed by atoms with Gasteiger partial charge in [0.25, 0.3) is 15.0 Å². The lowest BCUT2D eigenvalue weighted by atomic mass is 10.2. The standard InChI is InChI=1S/C10H10BrClFNO3S/c1-5(2)14-10(15)6-3-9(18(12,16)17)8(13)4-7(6)11/h3-5H,1-2H3,(H,14,15). The van der Waals surface area contributed by atoms with Crippen LogP contribution in [0, 0.1) is 5.82 Å². The quantitative estimate of drug-likeness (QED) is 0.845. The van der Waals surface area contributed by atoms with Crippen molar-refractivity contribution in [2.45, 2.75) is 24.8 Å². The third-order valence-corrected chi connectivity index (χ3v) is 3.94. The summed E-state index contributed by atoms with van der Waals surface area (Å²) in [7, 11) is 0.845. The lowest BCUT2D eigenvalue weighted by Crippen LogP contribution is -2.30. The fourth-order valence-corrected chi connectivity index (χ4v) is 2.63. The molecule has 0 unspecified atom stereocenters. The van der Waals surface area contributed by atoms with Gasteiger partial charge in [0.1, 0.15) is 10.7 Å². The summed E-state index contributed by atoms with van der Waals surface area (Å²) in [6.07, 6.45) is 0. The highest BCUT2D eigenvalue weighted by Gasteiger charge is 2.21. The summed E-state index contributed by atoms with van der Waals surface area (Å²) in [6, 6.07) is 1.66. The van der Waals surface area contributed by atoms with Crippen molar-refractivity contribution < 1.29 is 17.6 Å². The Balaban J connectivity index is 3.34. The van der Waals surface area contributed by atoms with E-state index in [4.69, 9.17) is 10.7 Å². The van der Waals surface area contributed by atoms with Gasteiger partial charge in [-0.05, 0) is 41.9 Å². The molecule has 0 bridgehead atoms. The fourth-order valence-electron chi connectivity index (χ4n) is 1.23. The molecule has 0 atom stereocenters. The molecule has 0 aromatic heterocycles. The van der Waals surface area contributed by atoms with E-state index in [2.05, 4.69) is 21.2 Å². The number of carbonyl (C=O) groups excluding carboxylic acids is 1. The van der Waals surface area contributed by atoms with Crippen molar-refractivity contribution in [2.75, 3.05) is 0 Å². The van der Waals surface area contributed by atoms with Crippen LogP contribution in [-0.2, 0) is 9.05 Å². The van der Waals surface area contributed by atoms with Crippen molar-refractivity contribution in [2.24, 2.45) is 0 Å². The fraction of sp³-hybridized carbons (Fsp3) is 0.300. The molecule has 8 heteroatoms. The molecule has 0 saturated carbocycles. The molecular weight excluding hydrogens is 349 g/mol. The largest absolute Gasteiger partial charge is 0.350 e. The lowest BCUT2D eigenvalue weighted by Gasteiger charge is -2.11. The van der Waals surface area contributed by atoms with E-state index in [-0.39, 0.29) is 16.1 Å². The van der Waals surface area contributed by atoms with E-state index in [1.807, 2.05) is 0 Å². The van der Waals surface area contributed by atoms with Gasteiger partial charge in [-0.2, -0.15) is 0 Å². The van der Waals surface area contributed by atoms with E-state index in [0.717, 1.165) is 12.1 Å². The van der Waals surface area contributed by atoms with Gasteiger partial charge in [0.05, 0.1) is 5.56 Å². The zero-order valence-electron chi connectivity index (χ0n) is 9.50. The zero-order valence-corrected chi connectivity index (χ0v) is 12.7. The van der Waals surface area contributed by atoms with E-state index in [1.165, 1.54) is 0 Å². The van der Waals surface area contributed by atoms with Crippen LogP contribution < -0.4 is 5.32 Å². The Morgan fingerprint density at radius 1 is 1.44 bits per heavy atom. The molecule has 1 aromatic carbocycles. The number of hydrogen-bond acceptors (Lipinski definition) is 3. The Hall–Kier alpha value is -0.660. The summed E-state index contributed by atoms with van der Waals surface area (Å²) in [6.45, 7) is 3.49. The Morgan fingerprint density at radius 3 is 2.44 bits per heavy atom. The van der Waals surface area contributed by atoms with Gasteiger partial charge in [0.15, 0.2) is 0 Å². The molecule has 0 aliphatic rings. The van der Waals surface area contributed by atoms with Gasteiger partial charge in [0, 0.05) is 21.2 Å². The second-order valence-electron chi connectivity index (χ2n) is 3.83. The molecule has 0 fully saturated rings. The molecule has 18 heavy (non-hydrogen) atoms. The van der Waals surface area contributed by atoms with E-state index in [1.54, 1.807) is 13.8 Å². The Kier molecular flexibility index (Phi) is 4.74. The first kappa shape index (κ1) is 15.4. The van der Waals surface area contributed by atoms with E-state index >= 15 is 0 Å². The van der Waals surface area contributed by atoms with Gasteiger partial charge in [-0.25, -0.2) is 12.8 Å². The maximum absolute atomic E-state index is 13.4. The monoisotopic (exact) mass is 357 g/mol. The van der Waals surface area contributed by atoms with Gasteiger partial charge in [-0.15, -0.1) is 0 Å². The smallest absolute Gasteiger partial charge is 0.264 e. The molecule has 1 amide bonds. The van der Waals surface area contributed by atoms with E-state index < -0.39 is 25.7 Å². The van der Waals surface area contributed by atoms with Crippen molar-refractivity contribution >= 4 is 41.6 Å². The summed E-state index contributed by atoms with van der Waals surface area (Å²) >= 11 is 3.00. The van der Waals surface area contributed by atoms with Crippen molar-refractivity contribution in [1.29, 1.82) is 0 Å². The predicted molar refractivity (Wildman–Crippen MR) is 69.7 cm³/mol. The first-order valence-corrected chi connectivity index (χ1v) is 7.97. The van der Waals surface area contributed by atoms with Crippen LogP contribution in [0.15, 0.2) is 21.5 Å². The van der Waals surface area contributed by atoms with Crippen LogP contribution in [0.4, 0.5) is 4.39 Å². The van der Waals surface area contributed by atoms with Crippen LogP contribution in [0.25, 0.3) is 0 Å². The van der Waals surface area contributed by atoms with Crippen LogP contribution in [-0.4, -0.2) is 20.4 Å². The third-order valence-electron chi connectivity index (χ3n) is 1.95. The minimum absolute atomic E-state index is 0.00400. The highest BCUT2D eigenvalue weighted by atomic mass is 79.9. The van der Waals surface area contributed by atoms with Gasteiger partial charge in [-0.1, -0.05) is 0 Å². The minimum atomic E-state index is -4.24. The normalized spacial score (nSPS) is 11.7. The molecule has 0 radical (unpaired) electrons. The first-order chi connectivity index (χ1) is 8.12. The third kappa shape index (κ3) is 3.66. The molecule has 0 saturated heterocycles. The molecule has 1 N–H and O–H groups in total. The van der Waals surface area contributed by atoms with Gasteiger partial charge < -0.3 is 5.32 Å². The Labute approximate surface area is 117 Å². The predicted octanol–water partition coefficient (Wildman–Crippen LogP) is 2.65. The number of amides is 1. The molecule has 1 rings (SSSR count). The molecular formula is C10H10BrClFNO3S. The average molecular weight is 359 g/mol. The Bertz CT molecular complexity index is 589. The number of nitrogens with one attached hydrogen (secondary N) is 1. The highest BCUT2D eigenvalue weighted by Crippen LogP contribution is 2.26. The van der Waals surface area contributed by atoms with Gasteiger partial charge >= 0.3 is 0 Å². The van der Waals surface area contributed by atoms with Gasteiger partial charge in [-0.3, -0.25) is 4.79 Å². The van der Waals surface area contributed by atoms with Crippen molar-refractivity contribution in [3.63, 3.8) is 0 Å². The Morgan fingerprint density at radius 2 is 2.00 bits per heavy atom. The average Bonchev–Trinajstić information content (AvgIpc) is 2.13. The van der Waals surface area contributed by atoms with Crippen molar-refractivity contribution in [1.82, 2.24) is 5.32 Å². The zero-order chi connectivity index (χ0) is 14.1. The van der Waals surface area contributed by atoms with E-state index in [0.29, 0.717) is 0 Å². The summed E-state index contributed by atoms with van der Waals surface area (Å²) in [5.74, 6) is -1.53. The van der Waals surface area contributed by atoms with Gasteiger partial charge in [0.2, 0.25) is 0 Å². The second-order valence-corrected chi connectivity index (χ2v) is 7.22. The number of carbonyl (C=O) groups is 1. The summed E-state index contributed by atoms with van der Waals surface area (Å²) in [5, 5.41) is 2.57. The molecule has 100 valence electrons. The maximum atomic E-state index is 13.4. The molecule has 1 aromatic rings. The van der Waals surface area contributed by atoms with Crippen molar-refractivity contribution in [3.05, 3.63) is 28.0 Å². The second kappa shape index (κ2) is 5.54. The molecule has 4 nitrogen and oxygen atoms in total. The summed E-state index contributed by atoms with van der Waals surface area (Å²) < 4.78 is 35.9. The number of rotatable bonds is 3. The topological polar surface area (TPSA) is 63.2 Å². The first-order valence-electron chi connectivity index (χ1n) is 4.87. The van der Waals surface area contributed by atoms with Crippen LogP contribution >= 0.6 is 26.6 Å². The molecule has 0 aliphatic heterocycles. The molecule has 0 spiro atoms. The maximum Gasteiger partial charge on any atom is 0.264 e. The molecule has 0 heterocycles. The van der Waals surface area contributed by atoms with Crippen LogP contribution in [0.5, 0.6) is 0 Å². The van der Waals surface area contributed by atoms with E-state index in [9.17, 15) is 17.6 Å². The number of halogens is 3. The van der Waals surface area contributed by atoms with Crippen molar-refractivity contribution in [3.8, 4) is 0 Å². The number of benzene rings is 1. The number of hydrogen-bond donors (Lipinski definition) is 1.